The van der Waals surface area contributed by atoms with Gasteiger partial charge in [0.2, 0.25) is 15.8 Å². The Hall–Kier alpha value is -1.74. The molecular formula is C18H18ClNO5S2. The van der Waals surface area contributed by atoms with Crippen LogP contribution in [0.4, 0.5) is 0 Å². The van der Waals surface area contributed by atoms with Gasteiger partial charge in [0.1, 0.15) is 0 Å². The van der Waals surface area contributed by atoms with Gasteiger partial charge in [-0.1, -0.05) is 24.1 Å². The van der Waals surface area contributed by atoms with Gasteiger partial charge in [0, 0.05) is 13.1 Å². The van der Waals surface area contributed by atoms with Gasteiger partial charge >= 0.3 is 5.97 Å². The van der Waals surface area contributed by atoms with Crippen molar-refractivity contribution in [2.75, 3.05) is 19.7 Å². The van der Waals surface area contributed by atoms with E-state index in [0.717, 1.165) is 30.6 Å². The van der Waals surface area contributed by atoms with E-state index >= 15 is 0 Å². The Balaban J connectivity index is 1.69. The molecule has 0 bridgehead atoms. The van der Waals surface area contributed by atoms with Crippen LogP contribution in [0.2, 0.25) is 4.34 Å². The molecule has 3 rings (SSSR count). The van der Waals surface area contributed by atoms with E-state index in [1.165, 1.54) is 28.6 Å². The summed E-state index contributed by atoms with van der Waals surface area (Å²) in [5.41, 5.74) is 0.0881. The van der Waals surface area contributed by atoms with Gasteiger partial charge in [-0.15, -0.1) is 11.3 Å². The van der Waals surface area contributed by atoms with Crippen LogP contribution < -0.4 is 0 Å². The minimum Gasteiger partial charge on any atom is -0.454 e. The Kier molecular flexibility index (Phi) is 6.31. The van der Waals surface area contributed by atoms with Crippen molar-refractivity contribution in [2.24, 2.45) is 0 Å². The highest BCUT2D eigenvalue weighted by Gasteiger charge is 2.26. The van der Waals surface area contributed by atoms with Crippen molar-refractivity contribution in [3.8, 4) is 0 Å². The number of benzene rings is 1. The summed E-state index contributed by atoms with van der Waals surface area (Å²) in [6, 6.07) is 8.86. The second-order valence-electron chi connectivity index (χ2n) is 6.10. The number of piperidine rings is 1. The maximum absolute atomic E-state index is 12.7. The van der Waals surface area contributed by atoms with E-state index < -0.39 is 22.6 Å². The number of ketones is 1. The van der Waals surface area contributed by atoms with Crippen molar-refractivity contribution in [1.82, 2.24) is 4.31 Å². The van der Waals surface area contributed by atoms with Crippen molar-refractivity contribution in [1.29, 1.82) is 0 Å². The van der Waals surface area contributed by atoms with Crippen LogP contribution >= 0.6 is 22.9 Å². The summed E-state index contributed by atoms with van der Waals surface area (Å²) in [7, 11) is -3.64. The lowest BCUT2D eigenvalue weighted by Crippen LogP contribution is -2.35. The number of thiophene rings is 1. The van der Waals surface area contributed by atoms with Crippen molar-refractivity contribution in [2.45, 2.75) is 24.2 Å². The second kappa shape index (κ2) is 8.52. The topological polar surface area (TPSA) is 80.8 Å². The molecule has 1 aliphatic rings. The molecule has 1 aliphatic heterocycles. The molecule has 0 saturated carbocycles. The maximum Gasteiger partial charge on any atom is 0.338 e. The summed E-state index contributed by atoms with van der Waals surface area (Å²) in [4.78, 5) is 24.7. The van der Waals surface area contributed by atoms with Crippen molar-refractivity contribution >= 4 is 44.7 Å². The zero-order valence-corrected chi connectivity index (χ0v) is 16.8. The minimum absolute atomic E-state index is 0.0511. The van der Waals surface area contributed by atoms with Crippen LogP contribution in [0.15, 0.2) is 41.3 Å². The molecule has 1 fully saturated rings. The lowest BCUT2D eigenvalue weighted by molar-refractivity contribution is 0.0475. The average molecular weight is 428 g/mol. The molecule has 6 nitrogen and oxygen atoms in total. The SMILES string of the molecule is O=C(OCC(=O)c1ccc(Cl)s1)c1cccc(S(=O)(=O)N2CCCCC2)c1. The molecule has 2 heterocycles. The number of halogens is 1. The quantitative estimate of drug-likeness (QED) is 0.519. The van der Waals surface area contributed by atoms with Gasteiger partial charge in [-0.2, -0.15) is 4.31 Å². The highest BCUT2D eigenvalue weighted by atomic mass is 35.5. The molecule has 0 aliphatic carbocycles. The van der Waals surface area contributed by atoms with Crippen LogP contribution in [0.3, 0.4) is 0 Å². The molecule has 1 aromatic heterocycles. The number of ether oxygens (including phenoxy) is 1. The van der Waals surface area contributed by atoms with Crippen LogP contribution in [-0.2, 0) is 14.8 Å². The largest absolute Gasteiger partial charge is 0.454 e. The Labute approximate surface area is 166 Å². The fourth-order valence-electron chi connectivity index (χ4n) is 2.79. The van der Waals surface area contributed by atoms with Crippen LogP contribution in [0.25, 0.3) is 0 Å². The first kappa shape index (κ1) is 20.0. The number of sulfonamides is 1. The highest BCUT2D eigenvalue weighted by Crippen LogP contribution is 2.23. The normalized spacial score (nSPS) is 15.4. The third-order valence-corrected chi connectivity index (χ3v) is 7.37. The molecule has 1 aromatic carbocycles. The summed E-state index contributed by atoms with van der Waals surface area (Å²) in [6.07, 6.45) is 2.67. The number of Topliss-reactive ketones (excluding diaryl/α,β-unsaturated/α-hetero) is 1. The van der Waals surface area contributed by atoms with E-state index in [9.17, 15) is 18.0 Å². The van der Waals surface area contributed by atoms with E-state index in [4.69, 9.17) is 16.3 Å². The van der Waals surface area contributed by atoms with E-state index in [2.05, 4.69) is 0 Å². The number of carbonyl (C=O) groups is 2. The van der Waals surface area contributed by atoms with E-state index in [1.807, 2.05) is 0 Å². The van der Waals surface area contributed by atoms with Gasteiger partial charge in [-0.05, 0) is 43.2 Å². The molecule has 0 radical (unpaired) electrons. The van der Waals surface area contributed by atoms with Crippen LogP contribution in [-0.4, -0.2) is 44.2 Å². The predicted octanol–water partition coefficient (Wildman–Crippen LogP) is 3.62. The van der Waals surface area contributed by atoms with Gasteiger partial charge < -0.3 is 4.74 Å². The summed E-state index contributed by atoms with van der Waals surface area (Å²) >= 11 is 6.89. The fraction of sp³-hybridized carbons (Fsp3) is 0.333. The van der Waals surface area contributed by atoms with Gasteiger partial charge in [-0.3, -0.25) is 4.79 Å². The molecule has 2 aromatic rings. The first-order valence-corrected chi connectivity index (χ1v) is 11.1. The number of carbonyl (C=O) groups excluding carboxylic acids is 2. The smallest absolute Gasteiger partial charge is 0.338 e. The molecular weight excluding hydrogens is 410 g/mol. The van der Waals surface area contributed by atoms with Gasteiger partial charge in [0.15, 0.2) is 6.61 Å². The molecule has 144 valence electrons. The molecule has 0 N–H and O–H groups in total. The highest BCUT2D eigenvalue weighted by molar-refractivity contribution is 7.89. The first-order chi connectivity index (χ1) is 12.9. The molecule has 0 unspecified atom stereocenters. The number of nitrogens with zero attached hydrogens (tertiary/aromatic N) is 1. The standard InChI is InChI=1S/C18H18ClNO5S2/c19-17-8-7-16(26-17)15(21)12-25-18(22)13-5-4-6-14(11-13)27(23,24)20-9-2-1-3-10-20/h4-8,11H,1-3,9-10,12H2. The predicted molar refractivity (Wildman–Crippen MR) is 103 cm³/mol. The summed E-state index contributed by atoms with van der Waals surface area (Å²) in [5.74, 6) is -1.11. The van der Waals surface area contributed by atoms with E-state index in [0.29, 0.717) is 22.3 Å². The van der Waals surface area contributed by atoms with Gasteiger partial charge in [0.05, 0.1) is 19.7 Å². The number of esters is 1. The summed E-state index contributed by atoms with van der Waals surface area (Å²) in [6.45, 7) is 0.530. The molecule has 1 saturated heterocycles. The van der Waals surface area contributed by atoms with Crippen molar-refractivity contribution < 1.29 is 22.7 Å². The molecule has 0 spiro atoms. The lowest BCUT2D eigenvalue weighted by atomic mass is 10.2. The first-order valence-electron chi connectivity index (χ1n) is 8.44. The Morgan fingerprint density at radius 2 is 1.85 bits per heavy atom. The van der Waals surface area contributed by atoms with Crippen LogP contribution in [0, 0.1) is 0 Å². The van der Waals surface area contributed by atoms with Gasteiger partial charge in [0.25, 0.3) is 0 Å². The monoisotopic (exact) mass is 427 g/mol. The number of rotatable bonds is 6. The molecule has 0 amide bonds. The molecule has 9 heteroatoms. The Morgan fingerprint density at radius 1 is 1.11 bits per heavy atom. The Bertz CT molecular complexity index is 948. The second-order valence-corrected chi connectivity index (χ2v) is 9.75. The average Bonchev–Trinajstić information content (AvgIpc) is 3.13. The zero-order chi connectivity index (χ0) is 19.4. The van der Waals surface area contributed by atoms with Crippen LogP contribution in [0.5, 0.6) is 0 Å². The number of hydrogen-bond donors (Lipinski definition) is 0. The van der Waals surface area contributed by atoms with Crippen molar-refractivity contribution in [3.05, 3.63) is 51.2 Å². The van der Waals surface area contributed by atoms with Gasteiger partial charge in [-0.25, -0.2) is 13.2 Å². The minimum atomic E-state index is -3.64. The third-order valence-electron chi connectivity index (χ3n) is 4.20. The van der Waals surface area contributed by atoms with Crippen LogP contribution in [0.1, 0.15) is 39.3 Å². The lowest BCUT2D eigenvalue weighted by Gasteiger charge is -2.25. The fourth-order valence-corrected chi connectivity index (χ4v) is 5.32. The zero-order valence-electron chi connectivity index (χ0n) is 14.4. The van der Waals surface area contributed by atoms with Crippen molar-refractivity contribution in [3.63, 3.8) is 0 Å². The Morgan fingerprint density at radius 3 is 2.52 bits per heavy atom. The van der Waals surface area contributed by atoms with E-state index in [-0.39, 0.29) is 16.2 Å². The molecule has 0 atom stereocenters. The summed E-state index contributed by atoms with van der Waals surface area (Å²) < 4.78 is 32.4. The van der Waals surface area contributed by atoms with E-state index in [1.54, 1.807) is 12.1 Å². The third kappa shape index (κ3) is 4.76. The maximum atomic E-state index is 12.7. The summed E-state index contributed by atoms with van der Waals surface area (Å²) in [5, 5.41) is 0. The number of hydrogen-bond acceptors (Lipinski definition) is 6. The molecule has 27 heavy (non-hydrogen) atoms.